The molecule has 136 valence electrons. The van der Waals surface area contributed by atoms with Crippen LogP contribution in [0.5, 0.6) is 5.75 Å². The third-order valence-corrected chi connectivity index (χ3v) is 5.13. The van der Waals surface area contributed by atoms with Crippen LogP contribution in [0.15, 0.2) is 29.3 Å². The summed E-state index contributed by atoms with van der Waals surface area (Å²) in [7, 11) is 1.83. The molecule has 0 saturated heterocycles. The lowest BCUT2D eigenvalue weighted by molar-refractivity contribution is 0.242. The normalized spacial score (nSPS) is 20.6. The zero-order valence-corrected chi connectivity index (χ0v) is 18.2. The third-order valence-electron chi connectivity index (χ3n) is 4.04. The Balaban J connectivity index is 0.00000288. The van der Waals surface area contributed by atoms with Crippen molar-refractivity contribution in [3.8, 4) is 5.75 Å². The van der Waals surface area contributed by atoms with Gasteiger partial charge < -0.3 is 15.4 Å². The van der Waals surface area contributed by atoms with E-state index in [4.69, 9.17) is 4.74 Å². The van der Waals surface area contributed by atoms with Crippen LogP contribution in [-0.2, 0) is 6.54 Å². The fourth-order valence-corrected chi connectivity index (χ4v) is 3.61. The molecule has 2 N–H and O–H groups in total. The zero-order chi connectivity index (χ0) is 16.7. The molecule has 1 aliphatic carbocycles. The van der Waals surface area contributed by atoms with Gasteiger partial charge >= 0.3 is 0 Å². The summed E-state index contributed by atoms with van der Waals surface area (Å²) in [6.45, 7) is 4.84. The average molecular weight is 463 g/mol. The van der Waals surface area contributed by atoms with Crippen molar-refractivity contribution in [2.75, 3.05) is 13.3 Å². The van der Waals surface area contributed by atoms with Gasteiger partial charge in [0, 0.05) is 24.9 Å². The molecular formula is C18H30IN3OS. The quantitative estimate of drug-likeness (QED) is 0.380. The number of guanidine groups is 1. The molecule has 0 aromatic heterocycles. The highest BCUT2D eigenvalue weighted by Crippen LogP contribution is 2.28. The summed E-state index contributed by atoms with van der Waals surface area (Å²) in [5.41, 5.74) is 1.22. The second kappa shape index (κ2) is 11.1. The summed E-state index contributed by atoms with van der Waals surface area (Å²) in [5.74, 6) is 1.81. The first-order valence-electron chi connectivity index (χ1n) is 8.36. The van der Waals surface area contributed by atoms with Crippen molar-refractivity contribution in [2.24, 2.45) is 4.99 Å². The molecule has 6 heteroatoms. The Kier molecular flexibility index (Phi) is 9.88. The molecule has 0 radical (unpaired) electrons. The summed E-state index contributed by atoms with van der Waals surface area (Å²) in [5, 5.41) is 7.73. The van der Waals surface area contributed by atoms with Crippen LogP contribution >= 0.6 is 35.7 Å². The van der Waals surface area contributed by atoms with Crippen LogP contribution in [0.1, 0.15) is 38.7 Å². The highest BCUT2D eigenvalue weighted by molar-refractivity contribution is 14.0. The molecule has 2 unspecified atom stereocenters. The van der Waals surface area contributed by atoms with Crippen molar-refractivity contribution in [1.82, 2.24) is 10.6 Å². The molecule has 2 atom stereocenters. The van der Waals surface area contributed by atoms with E-state index in [2.05, 4.69) is 34.0 Å². The van der Waals surface area contributed by atoms with E-state index >= 15 is 0 Å². The summed E-state index contributed by atoms with van der Waals surface area (Å²) in [6.07, 6.45) is 6.16. The Bertz CT molecular complexity index is 507. The lowest BCUT2D eigenvalue weighted by Gasteiger charge is -2.17. The number of hydrogen-bond donors (Lipinski definition) is 2. The Morgan fingerprint density at radius 1 is 1.29 bits per heavy atom. The number of hydrogen-bond acceptors (Lipinski definition) is 3. The van der Waals surface area contributed by atoms with E-state index in [0.29, 0.717) is 6.04 Å². The monoisotopic (exact) mass is 463 g/mol. The lowest BCUT2D eigenvalue weighted by Crippen LogP contribution is -2.42. The molecule has 1 aromatic rings. The molecule has 1 fully saturated rings. The summed E-state index contributed by atoms with van der Waals surface area (Å²) >= 11 is 1.97. The van der Waals surface area contributed by atoms with Crippen molar-refractivity contribution >= 4 is 41.7 Å². The second-order valence-electron chi connectivity index (χ2n) is 6.25. The van der Waals surface area contributed by atoms with Gasteiger partial charge in [0.2, 0.25) is 0 Å². The van der Waals surface area contributed by atoms with Crippen molar-refractivity contribution < 1.29 is 4.74 Å². The minimum atomic E-state index is 0. The number of nitrogens with one attached hydrogen (secondary N) is 2. The van der Waals surface area contributed by atoms with Crippen LogP contribution in [0.3, 0.4) is 0 Å². The molecule has 0 heterocycles. The highest BCUT2D eigenvalue weighted by atomic mass is 127. The minimum absolute atomic E-state index is 0. The van der Waals surface area contributed by atoms with Crippen LogP contribution in [-0.4, -0.2) is 36.7 Å². The van der Waals surface area contributed by atoms with E-state index in [0.717, 1.165) is 23.5 Å². The molecule has 4 nitrogen and oxygen atoms in total. The van der Waals surface area contributed by atoms with Crippen molar-refractivity contribution in [3.63, 3.8) is 0 Å². The fourth-order valence-electron chi connectivity index (χ4n) is 2.82. The van der Waals surface area contributed by atoms with E-state index in [1.807, 2.05) is 44.8 Å². The number of aliphatic imine (C=N–C) groups is 1. The first-order valence-corrected chi connectivity index (χ1v) is 9.65. The number of rotatable bonds is 6. The molecule has 0 spiro atoms. The number of nitrogens with zero attached hydrogens (tertiary/aromatic N) is 1. The third kappa shape index (κ3) is 7.09. The van der Waals surface area contributed by atoms with Gasteiger partial charge in [0.05, 0.1) is 6.10 Å². The molecule has 2 rings (SSSR count). The number of benzene rings is 1. The van der Waals surface area contributed by atoms with Gasteiger partial charge in [0.15, 0.2) is 5.96 Å². The molecule has 24 heavy (non-hydrogen) atoms. The maximum atomic E-state index is 5.67. The van der Waals surface area contributed by atoms with E-state index < -0.39 is 0 Å². The van der Waals surface area contributed by atoms with Gasteiger partial charge in [0.25, 0.3) is 0 Å². The summed E-state index contributed by atoms with van der Waals surface area (Å²) in [4.78, 5) is 4.34. The Morgan fingerprint density at radius 3 is 2.54 bits per heavy atom. The zero-order valence-electron chi connectivity index (χ0n) is 15.0. The van der Waals surface area contributed by atoms with Gasteiger partial charge in [-0.2, -0.15) is 11.8 Å². The number of ether oxygens (including phenoxy) is 1. The smallest absolute Gasteiger partial charge is 0.191 e. The second-order valence-corrected chi connectivity index (χ2v) is 7.39. The van der Waals surface area contributed by atoms with Gasteiger partial charge in [-0.1, -0.05) is 12.1 Å². The first kappa shape index (κ1) is 21.4. The van der Waals surface area contributed by atoms with Crippen molar-refractivity contribution in [1.29, 1.82) is 0 Å². The molecule has 1 aromatic carbocycles. The van der Waals surface area contributed by atoms with Crippen LogP contribution in [0, 0.1) is 0 Å². The van der Waals surface area contributed by atoms with Gasteiger partial charge in [-0.25, -0.2) is 0 Å². The number of halogens is 1. The minimum Gasteiger partial charge on any atom is -0.491 e. The molecular weight excluding hydrogens is 433 g/mol. The fraction of sp³-hybridized carbons (Fsp3) is 0.611. The van der Waals surface area contributed by atoms with Crippen LogP contribution in [0.2, 0.25) is 0 Å². The predicted molar refractivity (Wildman–Crippen MR) is 116 cm³/mol. The maximum Gasteiger partial charge on any atom is 0.191 e. The van der Waals surface area contributed by atoms with Gasteiger partial charge in [-0.3, -0.25) is 4.99 Å². The topological polar surface area (TPSA) is 45.7 Å². The molecule has 1 saturated carbocycles. The number of thioether (sulfide) groups is 1. The molecule has 0 aliphatic heterocycles. The molecule has 0 amide bonds. The van der Waals surface area contributed by atoms with Crippen LogP contribution in [0.4, 0.5) is 0 Å². The molecule has 0 bridgehead atoms. The highest BCUT2D eigenvalue weighted by Gasteiger charge is 2.24. The Morgan fingerprint density at radius 2 is 2.00 bits per heavy atom. The van der Waals surface area contributed by atoms with Crippen molar-refractivity contribution in [3.05, 3.63) is 29.8 Å². The van der Waals surface area contributed by atoms with Crippen LogP contribution < -0.4 is 15.4 Å². The van der Waals surface area contributed by atoms with Gasteiger partial charge in [-0.05, 0) is 57.1 Å². The summed E-state index contributed by atoms with van der Waals surface area (Å²) < 4.78 is 5.67. The standard InChI is InChI=1S/C18H29N3OS.HI/c1-13(2)22-16-8-5-14(6-9-16)12-20-18(19-3)21-15-7-10-17(11-15)23-4;/h5-6,8-9,13,15,17H,7,10-12H2,1-4H3,(H2,19,20,21);1H. The Labute approximate surface area is 167 Å². The average Bonchev–Trinajstić information content (AvgIpc) is 3.00. The van der Waals surface area contributed by atoms with Crippen LogP contribution in [0.25, 0.3) is 0 Å². The van der Waals surface area contributed by atoms with Crippen molar-refractivity contribution in [2.45, 2.75) is 57.1 Å². The van der Waals surface area contributed by atoms with E-state index in [1.54, 1.807) is 0 Å². The SMILES string of the molecule is CN=C(NCc1ccc(OC(C)C)cc1)NC1CCC(SC)C1.I. The van der Waals surface area contributed by atoms with E-state index in [9.17, 15) is 0 Å². The van der Waals surface area contributed by atoms with E-state index in [-0.39, 0.29) is 30.1 Å². The lowest BCUT2D eigenvalue weighted by atomic mass is 10.2. The molecule has 1 aliphatic rings. The van der Waals surface area contributed by atoms with Gasteiger partial charge in [0.1, 0.15) is 5.75 Å². The van der Waals surface area contributed by atoms with Gasteiger partial charge in [-0.15, -0.1) is 24.0 Å². The Hall–Kier alpha value is -0.630. The first-order chi connectivity index (χ1) is 11.1. The largest absolute Gasteiger partial charge is 0.491 e. The maximum absolute atomic E-state index is 5.67. The predicted octanol–water partition coefficient (Wildman–Crippen LogP) is 4.04. The summed E-state index contributed by atoms with van der Waals surface area (Å²) in [6, 6.07) is 8.77. The van der Waals surface area contributed by atoms with E-state index in [1.165, 1.54) is 24.8 Å².